The molecule has 7 heteroatoms. The number of hydrogen-bond donors (Lipinski definition) is 1. The fourth-order valence-corrected chi connectivity index (χ4v) is 2.74. The summed E-state index contributed by atoms with van der Waals surface area (Å²) in [5.41, 5.74) is 2.35. The van der Waals surface area contributed by atoms with E-state index in [-0.39, 0.29) is 12.5 Å². The van der Waals surface area contributed by atoms with Crippen molar-refractivity contribution in [3.63, 3.8) is 0 Å². The van der Waals surface area contributed by atoms with Gasteiger partial charge in [-0.05, 0) is 31.3 Å². The van der Waals surface area contributed by atoms with E-state index in [0.29, 0.717) is 28.8 Å². The summed E-state index contributed by atoms with van der Waals surface area (Å²) in [4.78, 5) is 14.1. The van der Waals surface area contributed by atoms with Crippen LogP contribution < -0.4 is 10.1 Å². The van der Waals surface area contributed by atoms with Crippen LogP contribution in [-0.2, 0) is 11.3 Å². The lowest BCUT2D eigenvalue weighted by molar-refractivity contribution is -0.117. The Bertz CT molecular complexity index is 909. The summed E-state index contributed by atoms with van der Waals surface area (Å²) in [6.45, 7) is 0.681. The lowest BCUT2D eigenvalue weighted by Gasteiger charge is -2.14. The standard InChI is InChI=1S/C20H20ClN3O3/c1-24(13-20(25)22-16-4-3-5-17(10-16)26-2)12-18-11-19(23-27-18)14-6-8-15(21)9-7-14/h3-11H,12-13H2,1-2H3,(H,22,25). The predicted molar refractivity (Wildman–Crippen MR) is 105 cm³/mol. The maximum Gasteiger partial charge on any atom is 0.238 e. The van der Waals surface area contributed by atoms with Gasteiger partial charge < -0.3 is 14.6 Å². The van der Waals surface area contributed by atoms with Crippen LogP contribution in [0.3, 0.4) is 0 Å². The average Bonchev–Trinajstić information content (AvgIpc) is 3.10. The number of ether oxygens (including phenoxy) is 1. The van der Waals surface area contributed by atoms with Crippen LogP contribution in [0.4, 0.5) is 5.69 Å². The Morgan fingerprint density at radius 3 is 2.74 bits per heavy atom. The molecule has 0 radical (unpaired) electrons. The van der Waals surface area contributed by atoms with Gasteiger partial charge in [-0.3, -0.25) is 9.69 Å². The highest BCUT2D eigenvalue weighted by Crippen LogP contribution is 2.22. The molecule has 3 aromatic rings. The first-order valence-electron chi connectivity index (χ1n) is 8.37. The van der Waals surface area contributed by atoms with Crippen LogP contribution in [0.2, 0.25) is 5.02 Å². The van der Waals surface area contributed by atoms with E-state index in [1.807, 2.05) is 48.3 Å². The molecule has 0 unspecified atom stereocenters. The molecular formula is C20H20ClN3O3. The van der Waals surface area contributed by atoms with Crippen LogP contribution in [0.15, 0.2) is 59.1 Å². The van der Waals surface area contributed by atoms with Gasteiger partial charge in [0.15, 0.2) is 5.76 Å². The van der Waals surface area contributed by atoms with Crippen LogP contribution in [0, 0.1) is 0 Å². The van der Waals surface area contributed by atoms with Crippen LogP contribution in [0.5, 0.6) is 5.75 Å². The van der Waals surface area contributed by atoms with Gasteiger partial charge in [-0.1, -0.05) is 35.0 Å². The number of carbonyl (C=O) groups is 1. The molecule has 0 saturated heterocycles. The number of methoxy groups -OCH3 is 1. The lowest BCUT2D eigenvalue weighted by Crippen LogP contribution is -2.29. The maximum atomic E-state index is 12.2. The Hall–Kier alpha value is -2.83. The second-order valence-corrected chi connectivity index (χ2v) is 6.57. The van der Waals surface area contributed by atoms with Crippen molar-refractivity contribution in [2.75, 3.05) is 26.0 Å². The number of amides is 1. The molecule has 1 heterocycles. The van der Waals surface area contributed by atoms with Gasteiger partial charge >= 0.3 is 0 Å². The minimum atomic E-state index is -0.122. The minimum Gasteiger partial charge on any atom is -0.497 e. The van der Waals surface area contributed by atoms with E-state index >= 15 is 0 Å². The lowest BCUT2D eigenvalue weighted by atomic mass is 10.1. The van der Waals surface area contributed by atoms with Gasteiger partial charge in [-0.25, -0.2) is 0 Å². The monoisotopic (exact) mass is 385 g/mol. The Labute approximate surface area is 162 Å². The average molecular weight is 386 g/mol. The van der Waals surface area contributed by atoms with Crippen LogP contribution in [0.25, 0.3) is 11.3 Å². The highest BCUT2D eigenvalue weighted by molar-refractivity contribution is 6.30. The molecule has 0 aliphatic carbocycles. The van der Waals surface area contributed by atoms with Crippen molar-refractivity contribution < 1.29 is 14.1 Å². The normalized spacial score (nSPS) is 10.8. The SMILES string of the molecule is COc1cccc(NC(=O)CN(C)Cc2cc(-c3ccc(Cl)cc3)no2)c1. The van der Waals surface area contributed by atoms with E-state index in [0.717, 1.165) is 11.3 Å². The summed E-state index contributed by atoms with van der Waals surface area (Å²) in [5.74, 6) is 1.25. The van der Waals surface area contributed by atoms with Gasteiger partial charge in [0.2, 0.25) is 5.91 Å². The van der Waals surface area contributed by atoms with Gasteiger partial charge in [0.1, 0.15) is 11.4 Å². The van der Waals surface area contributed by atoms with Crippen molar-refractivity contribution in [3.05, 3.63) is 65.4 Å². The number of aromatic nitrogens is 1. The smallest absolute Gasteiger partial charge is 0.238 e. The van der Waals surface area contributed by atoms with E-state index in [1.54, 1.807) is 25.3 Å². The molecule has 0 saturated carbocycles. The molecule has 0 fully saturated rings. The molecule has 6 nitrogen and oxygen atoms in total. The van der Waals surface area contributed by atoms with Crippen molar-refractivity contribution in [1.82, 2.24) is 10.1 Å². The zero-order valence-corrected chi connectivity index (χ0v) is 15.9. The molecule has 27 heavy (non-hydrogen) atoms. The second-order valence-electron chi connectivity index (χ2n) is 6.14. The summed E-state index contributed by atoms with van der Waals surface area (Å²) in [7, 11) is 3.43. The first-order chi connectivity index (χ1) is 13.0. The van der Waals surface area contributed by atoms with E-state index < -0.39 is 0 Å². The van der Waals surface area contributed by atoms with Gasteiger partial charge in [0, 0.05) is 28.4 Å². The van der Waals surface area contributed by atoms with Crippen LogP contribution in [-0.4, -0.2) is 36.7 Å². The van der Waals surface area contributed by atoms with Crippen LogP contribution in [0.1, 0.15) is 5.76 Å². The molecule has 0 bridgehead atoms. The fourth-order valence-electron chi connectivity index (χ4n) is 2.61. The number of rotatable bonds is 7. The zero-order chi connectivity index (χ0) is 19.2. The zero-order valence-electron chi connectivity index (χ0n) is 15.1. The first-order valence-corrected chi connectivity index (χ1v) is 8.75. The molecule has 140 valence electrons. The second kappa shape index (κ2) is 8.70. The largest absolute Gasteiger partial charge is 0.497 e. The van der Waals surface area contributed by atoms with Gasteiger partial charge in [0.25, 0.3) is 0 Å². The molecule has 0 aliphatic rings. The Kier molecular flexibility index (Phi) is 6.11. The van der Waals surface area contributed by atoms with Crippen molar-refractivity contribution in [2.24, 2.45) is 0 Å². The van der Waals surface area contributed by atoms with E-state index in [9.17, 15) is 4.79 Å². The van der Waals surface area contributed by atoms with Crippen molar-refractivity contribution in [2.45, 2.75) is 6.54 Å². The summed E-state index contributed by atoms with van der Waals surface area (Å²) in [6, 6.07) is 16.5. The number of hydrogen-bond acceptors (Lipinski definition) is 5. The third-order valence-electron chi connectivity index (χ3n) is 3.89. The molecule has 0 atom stereocenters. The Morgan fingerprint density at radius 2 is 2.00 bits per heavy atom. The van der Waals surface area contributed by atoms with Crippen molar-refractivity contribution in [1.29, 1.82) is 0 Å². The van der Waals surface area contributed by atoms with E-state index in [1.165, 1.54) is 0 Å². The number of nitrogens with one attached hydrogen (secondary N) is 1. The number of nitrogens with zero attached hydrogens (tertiary/aromatic N) is 2. The predicted octanol–water partition coefficient (Wildman–Crippen LogP) is 4.07. The Morgan fingerprint density at radius 1 is 1.22 bits per heavy atom. The van der Waals surface area contributed by atoms with Gasteiger partial charge in [-0.2, -0.15) is 0 Å². The van der Waals surface area contributed by atoms with Crippen LogP contribution >= 0.6 is 11.6 Å². The topological polar surface area (TPSA) is 67.6 Å². The molecule has 1 aromatic heterocycles. The molecule has 0 aliphatic heterocycles. The molecule has 2 aromatic carbocycles. The number of carbonyl (C=O) groups excluding carboxylic acids is 1. The number of anilines is 1. The van der Waals surface area contributed by atoms with Gasteiger partial charge in [0.05, 0.1) is 20.2 Å². The van der Waals surface area contributed by atoms with E-state index in [2.05, 4.69) is 10.5 Å². The molecule has 1 N–H and O–H groups in total. The number of likely N-dealkylation sites (N-methyl/N-ethyl adjacent to an activating group) is 1. The summed E-state index contributed by atoms with van der Waals surface area (Å²) in [5, 5.41) is 7.60. The van der Waals surface area contributed by atoms with Crippen molar-refractivity contribution in [3.8, 4) is 17.0 Å². The van der Waals surface area contributed by atoms with Gasteiger partial charge in [-0.15, -0.1) is 0 Å². The Balaban J connectivity index is 1.55. The molecule has 0 spiro atoms. The summed E-state index contributed by atoms with van der Waals surface area (Å²) in [6.07, 6.45) is 0. The molecule has 3 rings (SSSR count). The maximum absolute atomic E-state index is 12.2. The third-order valence-corrected chi connectivity index (χ3v) is 4.14. The summed E-state index contributed by atoms with van der Waals surface area (Å²) < 4.78 is 10.5. The molecule has 1 amide bonds. The third kappa shape index (κ3) is 5.32. The first kappa shape index (κ1) is 18.9. The number of benzene rings is 2. The highest BCUT2D eigenvalue weighted by atomic mass is 35.5. The fraction of sp³-hybridized carbons (Fsp3) is 0.200. The summed E-state index contributed by atoms with van der Waals surface area (Å²) >= 11 is 5.90. The minimum absolute atomic E-state index is 0.122. The van der Waals surface area contributed by atoms with Crippen molar-refractivity contribution >= 4 is 23.2 Å². The molecular weight excluding hydrogens is 366 g/mol. The number of halogens is 1. The quantitative estimate of drug-likeness (QED) is 0.663. The highest BCUT2D eigenvalue weighted by Gasteiger charge is 2.12. The van der Waals surface area contributed by atoms with E-state index in [4.69, 9.17) is 20.9 Å².